The number of carbonyl (C=O) groups is 1. The second-order valence-electron chi connectivity index (χ2n) is 5.24. The van der Waals surface area contributed by atoms with Gasteiger partial charge in [0.1, 0.15) is 0 Å². The molecule has 1 N–H and O–H groups in total. The summed E-state index contributed by atoms with van der Waals surface area (Å²) in [4.78, 5) is 11.9. The number of aliphatic hydroxyl groups excluding tert-OH is 1. The summed E-state index contributed by atoms with van der Waals surface area (Å²) in [6, 6.07) is 7.69. The fourth-order valence-corrected chi connectivity index (χ4v) is 2.30. The number of esters is 1. The van der Waals surface area contributed by atoms with Gasteiger partial charge in [0, 0.05) is 6.61 Å². The highest BCUT2D eigenvalue weighted by atomic mass is 16.5. The molecular weight excluding hydrogens is 252 g/mol. The Morgan fingerprint density at radius 1 is 1.25 bits per heavy atom. The molecule has 0 radical (unpaired) electrons. The minimum atomic E-state index is -0.226. The van der Waals surface area contributed by atoms with Gasteiger partial charge in [0.25, 0.3) is 0 Å². The first-order chi connectivity index (χ1) is 9.69. The van der Waals surface area contributed by atoms with E-state index in [1.807, 2.05) is 31.2 Å². The van der Waals surface area contributed by atoms with E-state index in [4.69, 9.17) is 9.84 Å². The average Bonchev–Trinajstić information content (AvgIpc) is 2.46. The van der Waals surface area contributed by atoms with Crippen LogP contribution in [0.3, 0.4) is 0 Å². The first-order valence-electron chi connectivity index (χ1n) is 7.55. The van der Waals surface area contributed by atoms with Crippen LogP contribution in [-0.2, 0) is 11.2 Å². The molecule has 1 atom stereocenters. The fraction of sp³-hybridized carbons (Fsp3) is 0.588. The Morgan fingerprint density at radius 2 is 2.00 bits per heavy atom. The lowest BCUT2D eigenvalue weighted by Gasteiger charge is -2.13. The van der Waals surface area contributed by atoms with Crippen LogP contribution in [0.2, 0.25) is 0 Å². The molecule has 0 bridgehead atoms. The van der Waals surface area contributed by atoms with Crippen LogP contribution in [0.5, 0.6) is 0 Å². The summed E-state index contributed by atoms with van der Waals surface area (Å²) in [5.41, 5.74) is 1.76. The molecule has 0 aliphatic carbocycles. The van der Waals surface area contributed by atoms with E-state index in [2.05, 4.69) is 6.92 Å². The van der Waals surface area contributed by atoms with E-state index < -0.39 is 0 Å². The molecule has 0 heterocycles. The van der Waals surface area contributed by atoms with E-state index in [9.17, 15) is 4.79 Å². The molecule has 1 aromatic rings. The smallest absolute Gasteiger partial charge is 0.338 e. The van der Waals surface area contributed by atoms with Crippen molar-refractivity contribution in [3.63, 3.8) is 0 Å². The van der Waals surface area contributed by atoms with Crippen molar-refractivity contribution in [1.82, 2.24) is 0 Å². The molecule has 112 valence electrons. The summed E-state index contributed by atoms with van der Waals surface area (Å²) >= 11 is 0. The van der Waals surface area contributed by atoms with Crippen molar-refractivity contribution in [2.45, 2.75) is 46.0 Å². The molecule has 0 aliphatic heterocycles. The van der Waals surface area contributed by atoms with Crippen LogP contribution in [0.25, 0.3) is 0 Å². The van der Waals surface area contributed by atoms with Crippen LogP contribution < -0.4 is 0 Å². The van der Waals surface area contributed by atoms with Gasteiger partial charge in [-0.15, -0.1) is 0 Å². The largest absolute Gasteiger partial charge is 0.462 e. The molecule has 3 nitrogen and oxygen atoms in total. The van der Waals surface area contributed by atoms with Crippen LogP contribution in [-0.4, -0.2) is 24.3 Å². The number of rotatable bonds is 9. The summed E-state index contributed by atoms with van der Waals surface area (Å²) in [6.45, 7) is 4.73. The van der Waals surface area contributed by atoms with E-state index in [1.54, 1.807) is 0 Å². The van der Waals surface area contributed by atoms with E-state index in [0.29, 0.717) is 18.1 Å². The van der Waals surface area contributed by atoms with E-state index in [0.717, 1.165) is 37.7 Å². The van der Waals surface area contributed by atoms with Gasteiger partial charge < -0.3 is 9.84 Å². The Morgan fingerprint density at radius 3 is 2.70 bits per heavy atom. The van der Waals surface area contributed by atoms with Crippen molar-refractivity contribution in [3.8, 4) is 0 Å². The highest BCUT2D eigenvalue weighted by Gasteiger charge is 2.12. The highest BCUT2D eigenvalue weighted by molar-refractivity contribution is 5.91. The van der Waals surface area contributed by atoms with Gasteiger partial charge >= 0.3 is 5.97 Å². The molecule has 20 heavy (non-hydrogen) atoms. The summed E-state index contributed by atoms with van der Waals surface area (Å²) in [5, 5.41) is 8.78. The van der Waals surface area contributed by atoms with Gasteiger partial charge in [-0.05, 0) is 43.7 Å². The molecule has 1 unspecified atom stereocenters. The van der Waals surface area contributed by atoms with Gasteiger partial charge in [-0.25, -0.2) is 4.79 Å². The molecule has 0 saturated carbocycles. The molecule has 3 heteroatoms. The van der Waals surface area contributed by atoms with Gasteiger partial charge in [0.2, 0.25) is 0 Å². The summed E-state index contributed by atoms with van der Waals surface area (Å²) in [6.07, 6.45) is 5.03. The quantitative estimate of drug-likeness (QED) is 0.554. The predicted molar refractivity (Wildman–Crippen MR) is 80.8 cm³/mol. The number of aryl methyl sites for hydroxylation is 1. The lowest BCUT2D eigenvalue weighted by atomic mass is 9.94. The lowest BCUT2D eigenvalue weighted by molar-refractivity contribution is 0.0525. The third-order valence-corrected chi connectivity index (χ3v) is 3.52. The zero-order chi connectivity index (χ0) is 14.8. The molecule has 0 saturated heterocycles. The van der Waals surface area contributed by atoms with Gasteiger partial charge in [0.15, 0.2) is 0 Å². The zero-order valence-electron chi connectivity index (χ0n) is 12.6. The Kier molecular flexibility index (Phi) is 7.97. The molecule has 0 amide bonds. The predicted octanol–water partition coefficient (Wildman–Crippen LogP) is 3.59. The first kappa shape index (κ1) is 16.7. The third kappa shape index (κ3) is 5.74. The highest BCUT2D eigenvalue weighted by Crippen LogP contribution is 2.18. The SMILES string of the molecule is CCOC(=O)c1ccccc1CCC(C)CCCCO. The maximum absolute atomic E-state index is 11.9. The van der Waals surface area contributed by atoms with Crippen LogP contribution in [0.15, 0.2) is 24.3 Å². The molecule has 1 rings (SSSR count). The third-order valence-electron chi connectivity index (χ3n) is 3.52. The number of hydrogen-bond acceptors (Lipinski definition) is 3. The molecule has 0 aliphatic rings. The van der Waals surface area contributed by atoms with Gasteiger partial charge in [-0.2, -0.15) is 0 Å². The van der Waals surface area contributed by atoms with Crippen LogP contribution in [0, 0.1) is 5.92 Å². The van der Waals surface area contributed by atoms with Gasteiger partial charge in [0.05, 0.1) is 12.2 Å². The summed E-state index contributed by atoms with van der Waals surface area (Å²) < 4.78 is 5.09. The van der Waals surface area contributed by atoms with Crippen molar-refractivity contribution in [2.75, 3.05) is 13.2 Å². The first-order valence-corrected chi connectivity index (χ1v) is 7.55. The Labute approximate surface area is 122 Å². The minimum Gasteiger partial charge on any atom is -0.462 e. The van der Waals surface area contributed by atoms with Crippen molar-refractivity contribution in [3.05, 3.63) is 35.4 Å². The standard InChI is InChI=1S/C17H26O3/c1-3-20-17(19)16-10-5-4-9-15(16)12-11-14(2)8-6-7-13-18/h4-5,9-10,14,18H,3,6-8,11-13H2,1-2H3. The zero-order valence-corrected chi connectivity index (χ0v) is 12.6. The Balaban J connectivity index is 2.52. The topological polar surface area (TPSA) is 46.5 Å². The molecule has 0 fully saturated rings. The minimum absolute atomic E-state index is 0.226. The van der Waals surface area contributed by atoms with Crippen molar-refractivity contribution < 1.29 is 14.6 Å². The van der Waals surface area contributed by atoms with Gasteiger partial charge in [-0.1, -0.05) is 38.0 Å². The number of carbonyl (C=O) groups excluding carboxylic acids is 1. The normalized spacial score (nSPS) is 12.2. The average molecular weight is 278 g/mol. The summed E-state index contributed by atoms with van der Waals surface area (Å²) in [5.74, 6) is 0.382. The van der Waals surface area contributed by atoms with E-state index in [-0.39, 0.29) is 12.6 Å². The molecule has 1 aromatic carbocycles. The number of benzene rings is 1. The summed E-state index contributed by atoms with van der Waals surface area (Å²) in [7, 11) is 0. The number of hydrogen-bond donors (Lipinski definition) is 1. The lowest BCUT2D eigenvalue weighted by Crippen LogP contribution is -2.09. The van der Waals surface area contributed by atoms with E-state index in [1.165, 1.54) is 0 Å². The Hall–Kier alpha value is -1.35. The molecule has 0 spiro atoms. The van der Waals surface area contributed by atoms with Crippen molar-refractivity contribution in [2.24, 2.45) is 5.92 Å². The number of ether oxygens (including phenoxy) is 1. The second-order valence-corrected chi connectivity index (χ2v) is 5.24. The van der Waals surface area contributed by atoms with E-state index >= 15 is 0 Å². The maximum Gasteiger partial charge on any atom is 0.338 e. The monoisotopic (exact) mass is 278 g/mol. The molecule has 0 aromatic heterocycles. The van der Waals surface area contributed by atoms with Crippen molar-refractivity contribution >= 4 is 5.97 Å². The number of aliphatic hydroxyl groups is 1. The maximum atomic E-state index is 11.9. The van der Waals surface area contributed by atoms with Crippen molar-refractivity contribution in [1.29, 1.82) is 0 Å². The van der Waals surface area contributed by atoms with Gasteiger partial charge in [-0.3, -0.25) is 0 Å². The van der Waals surface area contributed by atoms with Crippen LogP contribution >= 0.6 is 0 Å². The number of unbranched alkanes of at least 4 members (excludes halogenated alkanes) is 1. The Bertz CT molecular complexity index is 401. The molecular formula is C17H26O3. The van der Waals surface area contributed by atoms with Crippen LogP contribution in [0.4, 0.5) is 0 Å². The van der Waals surface area contributed by atoms with Crippen LogP contribution in [0.1, 0.15) is 55.5 Å². The fourth-order valence-electron chi connectivity index (χ4n) is 2.30. The second kappa shape index (κ2) is 9.54.